The maximum absolute atomic E-state index is 5.50. The zero-order valence-electron chi connectivity index (χ0n) is 19.1. The first-order chi connectivity index (χ1) is 14.7. The van der Waals surface area contributed by atoms with Crippen molar-refractivity contribution in [3.8, 4) is 11.5 Å². The summed E-state index contributed by atoms with van der Waals surface area (Å²) in [6.45, 7) is 8.45. The molecule has 0 atom stereocenters. The molecular weight excluding hydrogens is 507 g/mol. The fourth-order valence-electron chi connectivity index (χ4n) is 3.70. The van der Waals surface area contributed by atoms with E-state index >= 15 is 0 Å². The highest BCUT2D eigenvalue weighted by Gasteiger charge is 2.21. The summed E-state index contributed by atoms with van der Waals surface area (Å²) in [5.74, 6) is 3.54. The Morgan fingerprint density at radius 2 is 1.90 bits per heavy atom. The Hall–Kier alpha value is -2.04. The number of aromatic nitrogens is 3. The van der Waals surface area contributed by atoms with Crippen LogP contribution in [0.2, 0.25) is 0 Å². The van der Waals surface area contributed by atoms with Crippen molar-refractivity contribution in [1.82, 2.24) is 25.0 Å². The molecule has 0 unspecified atom stereocenters. The molecule has 1 aromatic carbocycles. The number of nitrogens with zero attached hydrogens (tertiary/aromatic N) is 5. The van der Waals surface area contributed by atoms with Crippen LogP contribution in [-0.2, 0) is 25.9 Å². The topological polar surface area (TPSA) is 76.8 Å². The molecule has 2 heterocycles. The lowest BCUT2D eigenvalue weighted by Gasteiger charge is -2.32. The van der Waals surface area contributed by atoms with Crippen molar-refractivity contribution in [2.24, 2.45) is 4.99 Å². The van der Waals surface area contributed by atoms with Gasteiger partial charge in [0.2, 0.25) is 0 Å². The van der Waals surface area contributed by atoms with E-state index in [9.17, 15) is 0 Å². The average Bonchev–Trinajstić information content (AvgIpc) is 3.24. The number of benzene rings is 1. The Kier molecular flexibility index (Phi) is 10.4. The number of guanidine groups is 1. The second-order valence-corrected chi connectivity index (χ2v) is 7.43. The molecule has 0 amide bonds. The van der Waals surface area contributed by atoms with Crippen molar-refractivity contribution in [1.29, 1.82) is 0 Å². The fourth-order valence-corrected chi connectivity index (χ4v) is 3.70. The zero-order chi connectivity index (χ0) is 21.3. The average molecular weight is 542 g/mol. The van der Waals surface area contributed by atoms with E-state index in [4.69, 9.17) is 14.5 Å². The highest BCUT2D eigenvalue weighted by atomic mass is 127. The summed E-state index contributed by atoms with van der Waals surface area (Å²) in [6, 6.07) is 4.19. The van der Waals surface area contributed by atoms with Crippen molar-refractivity contribution in [3.05, 3.63) is 35.4 Å². The van der Waals surface area contributed by atoms with Crippen LogP contribution in [0.3, 0.4) is 0 Å². The highest BCUT2D eigenvalue weighted by molar-refractivity contribution is 14.0. The predicted octanol–water partition coefficient (Wildman–Crippen LogP) is 3.28. The number of rotatable bonds is 9. The van der Waals surface area contributed by atoms with Gasteiger partial charge in [0.25, 0.3) is 0 Å². The first-order valence-corrected chi connectivity index (χ1v) is 10.8. The molecule has 172 valence electrons. The van der Waals surface area contributed by atoms with Crippen LogP contribution >= 0.6 is 24.0 Å². The summed E-state index contributed by atoms with van der Waals surface area (Å²) in [5, 5.41) is 11.7. The molecule has 0 saturated carbocycles. The molecule has 0 fully saturated rings. The third kappa shape index (κ3) is 6.47. The third-order valence-corrected chi connectivity index (χ3v) is 5.44. The number of fused-ring (bicyclic) bond motifs is 1. The summed E-state index contributed by atoms with van der Waals surface area (Å²) >= 11 is 0. The van der Waals surface area contributed by atoms with Crippen LogP contribution in [0, 0.1) is 0 Å². The molecule has 0 aliphatic carbocycles. The van der Waals surface area contributed by atoms with Gasteiger partial charge in [0.15, 0.2) is 17.5 Å². The van der Waals surface area contributed by atoms with E-state index < -0.39 is 0 Å². The van der Waals surface area contributed by atoms with Gasteiger partial charge in [-0.15, -0.1) is 34.2 Å². The van der Waals surface area contributed by atoms with Gasteiger partial charge in [0, 0.05) is 39.1 Å². The van der Waals surface area contributed by atoms with E-state index in [1.165, 1.54) is 11.1 Å². The van der Waals surface area contributed by atoms with Gasteiger partial charge in [0.1, 0.15) is 12.2 Å². The number of halogens is 1. The van der Waals surface area contributed by atoms with Gasteiger partial charge in [-0.2, -0.15) is 0 Å². The van der Waals surface area contributed by atoms with Gasteiger partial charge in [-0.05, 0) is 36.1 Å². The Labute approximate surface area is 202 Å². The van der Waals surface area contributed by atoms with Crippen LogP contribution < -0.4 is 14.8 Å². The van der Waals surface area contributed by atoms with Crippen molar-refractivity contribution in [2.45, 2.75) is 52.6 Å². The van der Waals surface area contributed by atoms with Gasteiger partial charge in [-0.1, -0.05) is 20.3 Å². The number of unbranched alkanes of at least 4 members (excludes halogenated alkanes) is 1. The molecule has 8 nitrogen and oxygen atoms in total. The molecule has 2 aromatic rings. The van der Waals surface area contributed by atoms with E-state index in [-0.39, 0.29) is 24.0 Å². The van der Waals surface area contributed by atoms with Gasteiger partial charge < -0.3 is 24.3 Å². The monoisotopic (exact) mass is 542 g/mol. The predicted molar refractivity (Wildman–Crippen MR) is 134 cm³/mol. The normalized spacial score (nSPS) is 13.4. The Bertz CT molecular complexity index is 855. The quantitative estimate of drug-likeness (QED) is 0.227. The minimum absolute atomic E-state index is 0. The summed E-state index contributed by atoms with van der Waals surface area (Å²) in [5.41, 5.74) is 2.57. The van der Waals surface area contributed by atoms with E-state index in [0.717, 1.165) is 81.7 Å². The fraction of sp³-hybridized carbons (Fsp3) is 0.591. The number of hydrogen-bond acceptors (Lipinski definition) is 5. The van der Waals surface area contributed by atoms with E-state index in [1.54, 1.807) is 20.5 Å². The molecule has 1 aliphatic rings. The van der Waals surface area contributed by atoms with Crippen molar-refractivity contribution in [2.75, 3.05) is 33.9 Å². The number of hydrogen-bond donors (Lipinski definition) is 1. The second-order valence-electron chi connectivity index (χ2n) is 7.43. The molecule has 0 spiro atoms. The highest BCUT2D eigenvalue weighted by Crippen LogP contribution is 2.33. The number of nitrogens with one attached hydrogen (secondary N) is 1. The molecule has 1 aliphatic heterocycles. The van der Waals surface area contributed by atoms with Gasteiger partial charge in [0.05, 0.1) is 14.2 Å². The lowest BCUT2D eigenvalue weighted by atomic mass is 9.99. The van der Waals surface area contributed by atoms with Crippen molar-refractivity contribution < 1.29 is 9.47 Å². The van der Waals surface area contributed by atoms with Gasteiger partial charge >= 0.3 is 0 Å². The Morgan fingerprint density at radius 3 is 2.58 bits per heavy atom. The first kappa shape index (κ1) is 25.2. The molecule has 1 aromatic heterocycles. The third-order valence-electron chi connectivity index (χ3n) is 5.44. The van der Waals surface area contributed by atoms with Crippen LogP contribution in [0.5, 0.6) is 11.5 Å². The van der Waals surface area contributed by atoms with Crippen LogP contribution in [0.25, 0.3) is 0 Å². The minimum atomic E-state index is 0. The summed E-state index contributed by atoms with van der Waals surface area (Å²) < 4.78 is 13.1. The molecule has 0 saturated heterocycles. The number of aliphatic imine (C=N–C) groups is 1. The Morgan fingerprint density at radius 1 is 1.16 bits per heavy atom. The number of methoxy groups -OCH3 is 2. The summed E-state index contributed by atoms with van der Waals surface area (Å²) in [7, 11) is 3.36. The van der Waals surface area contributed by atoms with Gasteiger partial charge in [-0.25, -0.2) is 0 Å². The standard InChI is InChI=1S/C22H34N6O2.HI/c1-5-7-9-23-22(24-10-12-28-16-25-26-21(28)6-2)27-11-8-17-13-19(29-3)20(30-4)14-18(17)15-27;/h13-14,16H,5-12,15H2,1-4H3,(H,23,24);1H. The Balaban J connectivity index is 0.00000341. The van der Waals surface area contributed by atoms with Crippen molar-refractivity contribution >= 4 is 29.9 Å². The number of ether oxygens (including phenoxy) is 2. The molecule has 3 rings (SSSR count). The van der Waals surface area contributed by atoms with Crippen molar-refractivity contribution in [3.63, 3.8) is 0 Å². The van der Waals surface area contributed by atoms with Gasteiger partial charge in [-0.3, -0.25) is 4.99 Å². The molecule has 31 heavy (non-hydrogen) atoms. The van der Waals surface area contributed by atoms with E-state index in [1.807, 2.05) is 0 Å². The number of aryl methyl sites for hydroxylation is 1. The zero-order valence-corrected chi connectivity index (χ0v) is 21.4. The second kappa shape index (κ2) is 12.7. The summed E-state index contributed by atoms with van der Waals surface area (Å²) in [6.07, 6.45) is 5.86. The maximum Gasteiger partial charge on any atom is 0.194 e. The molecule has 9 heteroatoms. The lowest BCUT2D eigenvalue weighted by molar-refractivity contribution is 0.345. The maximum atomic E-state index is 5.50. The SMILES string of the molecule is CCCCN=C(NCCn1cnnc1CC)N1CCc2cc(OC)c(OC)cc2C1.I. The molecular formula is C22H35IN6O2. The largest absolute Gasteiger partial charge is 0.493 e. The molecule has 0 bridgehead atoms. The van der Waals surface area contributed by atoms with E-state index in [2.05, 4.69) is 51.0 Å². The molecule has 0 radical (unpaired) electrons. The first-order valence-electron chi connectivity index (χ1n) is 10.8. The van der Waals surface area contributed by atoms with Crippen LogP contribution in [0.15, 0.2) is 23.5 Å². The van der Waals surface area contributed by atoms with E-state index in [0.29, 0.717) is 0 Å². The summed E-state index contributed by atoms with van der Waals surface area (Å²) in [4.78, 5) is 7.21. The van der Waals surface area contributed by atoms with Crippen LogP contribution in [0.1, 0.15) is 43.6 Å². The lowest BCUT2D eigenvalue weighted by Crippen LogP contribution is -2.45. The molecule has 1 N–H and O–H groups in total. The smallest absolute Gasteiger partial charge is 0.194 e. The van der Waals surface area contributed by atoms with Crippen LogP contribution in [0.4, 0.5) is 0 Å². The van der Waals surface area contributed by atoms with Crippen LogP contribution in [-0.4, -0.2) is 59.5 Å². The minimum Gasteiger partial charge on any atom is -0.493 e.